The van der Waals surface area contributed by atoms with Crippen LogP contribution in [0.1, 0.15) is 19.8 Å². The van der Waals surface area contributed by atoms with E-state index < -0.39 is 0 Å². The van der Waals surface area contributed by atoms with E-state index in [2.05, 4.69) is 10.6 Å². The highest BCUT2D eigenvalue weighted by molar-refractivity contribution is 6.30. The molecule has 0 aliphatic carbocycles. The molecule has 1 aliphatic heterocycles. The number of carbonyl (C=O) groups excluding carboxylic acids is 1. The highest BCUT2D eigenvalue weighted by Crippen LogP contribution is 2.16. The lowest BCUT2D eigenvalue weighted by molar-refractivity contribution is 0.0868. The topological polar surface area (TPSA) is 50.4 Å². The number of nitrogens with one attached hydrogen (secondary N) is 2. The third-order valence-corrected chi connectivity index (χ3v) is 3.20. The van der Waals surface area contributed by atoms with Crippen molar-refractivity contribution in [2.45, 2.75) is 31.9 Å². The van der Waals surface area contributed by atoms with Crippen LogP contribution in [0.15, 0.2) is 24.3 Å². The summed E-state index contributed by atoms with van der Waals surface area (Å²) in [6.07, 6.45) is 2.18. The molecule has 1 aromatic rings. The first-order chi connectivity index (χ1) is 8.65. The summed E-state index contributed by atoms with van der Waals surface area (Å²) in [6.45, 7) is 2.74. The van der Waals surface area contributed by atoms with Gasteiger partial charge in [0.2, 0.25) is 0 Å². The summed E-state index contributed by atoms with van der Waals surface area (Å²) in [7, 11) is 0. The van der Waals surface area contributed by atoms with Crippen molar-refractivity contribution in [1.82, 2.24) is 5.32 Å². The van der Waals surface area contributed by atoms with E-state index in [1.54, 1.807) is 24.3 Å². The lowest BCUT2D eigenvalue weighted by Gasteiger charge is -2.20. The van der Waals surface area contributed by atoms with Crippen molar-refractivity contribution >= 4 is 23.3 Å². The van der Waals surface area contributed by atoms with Gasteiger partial charge in [-0.1, -0.05) is 17.7 Å². The van der Waals surface area contributed by atoms with E-state index in [1.165, 1.54) is 0 Å². The van der Waals surface area contributed by atoms with Gasteiger partial charge in [0.15, 0.2) is 0 Å². The van der Waals surface area contributed by atoms with Gasteiger partial charge in [-0.3, -0.25) is 0 Å². The highest BCUT2D eigenvalue weighted by Gasteiger charge is 2.23. The summed E-state index contributed by atoms with van der Waals surface area (Å²) < 4.78 is 5.52. The molecule has 1 aromatic carbocycles. The van der Waals surface area contributed by atoms with Crippen LogP contribution in [0.25, 0.3) is 0 Å². The van der Waals surface area contributed by atoms with E-state index >= 15 is 0 Å². The van der Waals surface area contributed by atoms with Crippen LogP contribution >= 0.6 is 11.6 Å². The number of benzene rings is 1. The molecular weight excluding hydrogens is 252 g/mol. The lowest BCUT2D eigenvalue weighted by atomic mass is 10.1. The fraction of sp³-hybridized carbons (Fsp3) is 0.462. The number of halogens is 1. The Hall–Kier alpha value is -1.26. The first-order valence-electron chi connectivity index (χ1n) is 6.10. The molecule has 2 N–H and O–H groups in total. The Bertz CT molecular complexity index is 419. The summed E-state index contributed by atoms with van der Waals surface area (Å²) in [6, 6.07) is 6.83. The van der Waals surface area contributed by atoms with Gasteiger partial charge in [0.05, 0.1) is 12.1 Å². The van der Waals surface area contributed by atoms with Crippen molar-refractivity contribution in [3.05, 3.63) is 29.3 Å². The van der Waals surface area contributed by atoms with Crippen molar-refractivity contribution in [1.29, 1.82) is 0 Å². The second kappa shape index (κ2) is 6.07. The number of anilines is 1. The van der Waals surface area contributed by atoms with Gasteiger partial charge in [0, 0.05) is 17.3 Å². The fourth-order valence-electron chi connectivity index (χ4n) is 2.03. The first kappa shape index (κ1) is 13.2. The zero-order chi connectivity index (χ0) is 13.0. The molecular formula is C13H17ClN2O2. The molecule has 18 heavy (non-hydrogen) atoms. The molecule has 4 nitrogen and oxygen atoms in total. The Morgan fingerprint density at radius 1 is 1.56 bits per heavy atom. The van der Waals surface area contributed by atoms with Crippen molar-refractivity contribution in [2.75, 3.05) is 11.9 Å². The van der Waals surface area contributed by atoms with E-state index in [4.69, 9.17) is 16.3 Å². The molecule has 5 heteroatoms. The average molecular weight is 269 g/mol. The lowest BCUT2D eigenvalue weighted by Crippen LogP contribution is -2.42. The second-order valence-corrected chi connectivity index (χ2v) is 4.89. The van der Waals surface area contributed by atoms with Crippen LogP contribution in [-0.2, 0) is 4.74 Å². The van der Waals surface area contributed by atoms with E-state index in [1.807, 2.05) is 6.92 Å². The predicted molar refractivity (Wildman–Crippen MR) is 72.0 cm³/mol. The summed E-state index contributed by atoms with van der Waals surface area (Å²) >= 11 is 5.85. The Labute approximate surface area is 112 Å². The molecule has 0 radical (unpaired) electrons. The Balaban J connectivity index is 1.84. The van der Waals surface area contributed by atoms with Gasteiger partial charge in [-0.15, -0.1) is 0 Å². The van der Waals surface area contributed by atoms with E-state index in [0.29, 0.717) is 10.7 Å². The standard InChI is InChI=1S/C13H17ClN2O2/c1-9(12-6-3-7-18-12)15-13(17)16-11-5-2-4-10(14)8-11/h2,4-5,8-9,12H,3,6-7H2,1H3,(H2,15,16,17)/t9-,12+/m0/s1. The smallest absolute Gasteiger partial charge is 0.319 e. The molecule has 98 valence electrons. The Morgan fingerprint density at radius 3 is 3.06 bits per heavy atom. The zero-order valence-corrected chi connectivity index (χ0v) is 11.0. The molecule has 2 atom stereocenters. The third-order valence-electron chi connectivity index (χ3n) is 2.96. The number of amides is 2. The van der Waals surface area contributed by atoms with Gasteiger partial charge in [-0.05, 0) is 38.0 Å². The minimum absolute atomic E-state index is 0.00619. The van der Waals surface area contributed by atoms with Crippen LogP contribution in [0.2, 0.25) is 5.02 Å². The minimum Gasteiger partial charge on any atom is -0.376 e. The molecule has 2 rings (SSSR count). The fourth-order valence-corrected chi connectivity index (χ4v) is 2.22. The molecule has 1 heterocycles. The number of urea groups is 1. The van der Waals surface area contributed by atoms with Gasteiger partial charge < -0.3 is 15.4 Å². The van der Waals surface area contributed by atoms with Gasteiger partial charge in [0.25, 0.3) is 0 Å². The molecule has 2 amide bonds. The monoisotopic (exact) mass is 268 g/mol. The number of ether oxygens (including phenoxy) is 1. The first-order valence-corrected chi connectivity index (χ1v) is 6.47. The number of hydrogen-bond acceptors (Lipinski definition) is 2. The average Bonchev–Trinajstić information content (AvgIpc) is 2.81. The van der Waals surface area contributed by atoms with Crippen LogP contribution in [-0.4, -0.2) is 24.8 Å². The van der Waals surface area contributed by atoms with Crippen LogP contribution in [0.4, 0.5) is 10.5 Å². The number of carbonyl (C=O) groups is 1. The molecule has 0 spiro atoms. The van der Waals surface area contributed by atoms with Gasteiger partial charge in [-0.2, -0.15) is 0 Å². The largest absolute Gasteiger partial charge is 0.376 e. The maximum atomic E-state index is 11.8. The normalized spacial score (nSPS) is 20.4. The van der Waals surface area contributed by atoms with E-state index in [9.17, 15) is 4.79 Å². The predicted octanol–water partition coefficient (Wildman–Crippen LogP) is 3.03. The second-order valence-electron chi connectivity index (χ2n) is 4.45. The maximum Gasteiger partial charge on any atom is 0.319 e. The van der Waals surface area contributed by atoms with Gasteiger partial charge in [0.1, 0.15) is 0 Å². The molecule has 0 aromatic heterocycles. The van der Waals surface area contributed by atoms with Crippen molar-refractivity contribution in [3.8, 4) is 0 Å². The SMILES string of the molecule is C[C@H](NC(=O)Nc1cccc(Cl)c1)[C@H]1CCCO1. The maximum absolute atomic E-state index is 11.8. The molecule has 0 saturated carbocycles. The van der Waals surface area contributed by atoms with Crippen LogP contribution < -0.4 is 10.6 Å². The summed E-state index contributed by atoms with van der Waals surface area (Å²) in [5.74, 6) is 0. The molecule has 0 unspecified atom stereocenters. The van der Waals surface area contributed by atoms with E-state index in [-0.39, 0.29) is 18.2 Å². The van der Waals surface area contributed by atoms with Gasteiger partial charge >= 0.3 is 6.03 Å². The molecule has 1 fully saturated rings. The summed E-state index contributed by atoms with van der Waals surface area (Å²) in [4.78, 5) is 11.8. The molecule has 1 saturated heterocycles. The van der Waals surface area contributed by atoms with Crippen molar-refractivity contribution < 1.29 is 9.53 Å². The van der Waals surface area contributed by atoms with Gasteiger partial charge in [-0.25, -0.2) is 4.79 Å². The summed E-state index contributed by atoms with van der Waals surface area (Å²) in [5, 5.41) is 6.22. The zero-order valence-electron chi connectivity index (χ0n) is 10.3. The summed E-state index contributed by atoms with van der Waals surface area (Å²) in [5.41, 5.74) is 0.680. The number of rotatable bonds is 3. The quantitative estimate of drug-likeness (QED) is 0.885. The van der Waals surface area contributed by atoms with Crippen LogP contribution in [0, 0.1) is 0 Å². The third kappa shape index (κ3) is 3.62. The molecule has 1 aliphatic rings. The van der Waals surface area contributed by atoms with Crippen LogP contribution in [0.5, 0.6) is 0 Å². The molecule has 0 bridgehead atoms. The van der Waals surface area contributed by atoms with Crippen molar-refractivity contribution in [2.24, 2.45) is 0 Å². The Kier molecular flexibility index (Phi) is 4.44. The highest BCUT2D eigenvalue weighted by atomic mass is 35.5. The van der Waals surface area contributed by atoms with Crippen molar-refractivity contribution in [3.63, 3.8) is 0 Å². The minimum atomic E-state index is -0.236. The van der Waals surface area contributed by atoms with E-state index in [0.717, 1.165) is 19.4 Å². The van der Waals surface area contributed by atoms with Crippen LogP contribution in [0.3, 0.4) is 0 Å². The number of hydrogen-bond donors (Lipinski definition) is 2. The Morgan fingerprint density at radius 2 is 2.39 bits per heavy atom.